The number of rotatable bonds is 3. The standard InChI is InChI=1S/C15H12ClF3O/c1-8-3-4-10(11(17)5-8)15(16)14-12(18)6-9(20-2)7-13(14)19/h3-7,15H,1-2H3. The van der Waals surface area contributed by atoms with Crippen LogP contribution in [0.15, 0.2) is 30.3 Å². The SMILES string of the molecule is COc1cc(F)c(C(Cl)c2ccc(C)cc2F)c(F)c1. The maximum atomic E-state index is 13.9. The summed E-state index contributed by atoms with van der Waals surface area (Å²) in [6, 6.07) is 6.35. The molecule has 0 aliphatic carbocycles. The highest BCUT2D eigenvalue weighted by molar-refractivity contribution is 6.22. The van der Waals surface area contributed by atoms with E-state index in [0.29, 0.717) is 5.56 Å². The molecule has 0 saturated heterocycles. The zero-order valence-corrected chi connectivity index (χ0v) is 11.6. The van der Waals surface area contributed by atoms with Gasteiger partial charge in [-0.3, -0.25) is 0 Å². The van der Waals surface area contributed by atoms with E-state index in [0.717, 1.165) is 12.1 Å². The molecule has 20 heavy (non-hydrogen) atoms. The quantitative estimate of drug-likeness (QED) is 0.743. The average molecular weight is 301 g/mol. The Hall–Kier alpha value is -1.68. The minimum absolute atomic E-state index is 0.0280. The van der Waals surface area contributed by atoms with Crippen LogP contribution in [0.1, 0.15) is 22.1 Å². The summed E-state index contributed by atoms with van der Waals surface area (Å²) in [7, 11) is 1.30. The van der Waals surface area contributed by atoms with Gasteiger partial charge in [-0.25, -0.2) is 13.2 Å². The number of halogens is 4. The van der Waals surface area contributed by atoms with Gasteiger partial charge in [-0.05, 0) is 18.6 Å². The Morgan fingerprint density at radius 1 is 1.00 bits per heavy atom. The van der Waals surface area contributed by atoms with Crippen molar-refractivity contribution in [1.29, 1.82) is 0 Å². The van der Waals surface area contributed by atoms with Gasteiger partial charge in [0.15, 0.2) is 0 Å². The first-order valence-electron chi connectivity index (χ1n) is 5.87. The summed E-state index contributed by atoms with van der Waals surface area (Å²) in [4.78, 5) is 0. The van der Waals surface area contributed by atoms with E-state index in [1.807, 2.05) is 0 Å². The summed E-state index contributed by atoms with van der Waals surface area (Å²) in [6.45, 7) is 1.71. The number of hydrogen-bond acceptors (Lipinski definition) is 1. The molecule has 0 amide bonds. The second kappa shape index (κ2) is 5.75. The van der Waals surface area contributed by atoms with E-state index >= 15 is 0 Å². The van der Waals surface area contributed by atoms with Crippen molar-refractivity contribution in [2.24, 2.45) is 0 Å². The minimum Gasteiger partial charge on any atom is -0.497 e. The molecule has 2 rings (SSSR count). The number of hydrogen-bond donors (Lipinski definition) is 0. The largest absolute Gasteiger partial charge is 0.497 e. The van der Waals surface area contributed by atoms with E-state index in [2.05, 4.69) is 0 Å². The van der Waals surface area contributed by atoms with Crippen LogP contribution in [0, 0.1) is 24.4 Å². The van der Waals surface area contributed by atoms with Crippen LogP contribution in [0.3, 0.4) is 0 Å². The lowest BCUT2D eigenvalue weighted by atomic mass is 10.0. The highest BCUT2D eigenvalue weighted by Gasteiger charge is 2.23. The highest BCUT2D eigenvalue weighted by Crippen LogP contribution is 2.35. The van der Waals surface area contributed by atoms with E-state index in [9.17, 15) is 13.2 Å². The molecule has 1 nitrogen and oxygen atoms in total. The third-order valence-corrected chi connectivity index (χ3v) is 3.42. The molecule has 0 radical (unpaired) electrons. The zero-order chi connectivity index (χ0) is 14.9. The number of benzene rings is 2. The molecule has 0 aliphatic rings. The maximum absolute atomic E-state index is 13.9. The van der Waals surface area contributed by atoms with Gasteiger partial charge in [0.05, 0.1) is 12.5 Å². The summed E-state index contributed by atoms with van der Waals surface area (Å²) < 4.78 is 46.4. The predicted molar refractivity (Wildman–Crippen MR) is 71.7 cm³/mol. The smallest absolute Gasteiger partial charge is 0.134 e. The van der Waals surface area contributed by atoms with E-state index in [1.165, 1.54) is 19.2 Å². The molecule has 1 atom stereocenters. The van der Waals surface area contributed by atoms with Gasteiger partial charge < -0.3 is 4.74 Å². The zero-order valence-electron chi connectivity index (χ0n) is 10.9. The Morgan fingerprint density at radius 3 is 2.10 bits per heavy atom. The molecule has 0 heterocycles. The van der Waals surface area contributed by atoms with E-state index in [4.69, 9.17) is 16.3 Å². The van der Waals surface area contributed by atoms with Crippen LogP contribution in [-0.2, 0) is 0 Å². The Morgan fingerprint density at radius 2 is 1.60 bits per heavy atom. The first-order chi connectivity index (χ1) is 9.43. The molecular weight excluding hydrogens is 289 g/mol. The Balaban J connectivity index is 2.50. The van der Waals surface area contributed by atoms with Crippen LogP contribution in [0.25, 0.3) is 0 Å². The number of methoxy groups -OCH3 is 1. The lowest BCUT2D eigenvalue weighted by molar-refractivity contribution is 0.405. The summed E-state index contributed by atoms with van der Waals surface area (Å²) in [5, 5.41) is -1.25. The van der Waals surface area contributed by atoms with Crippen molar-refractivity contribution in [2.45, 2.75) is 12.3 Å². The van der Waals surface area contributed by atoms with Gasteiger partial charge in [-0.2, -0.15) is 0 Å². The Bertz CT molecular complexity index is 620. The second-order valence-electron chi connectivity index (χ2n) is 4.39. The molecule has 0 bridgehead atoms. The van der Waals surface area contributed by atoms with Crippen LogP contribution in [0.4, 0.5) is 13.2 Å². The summed E-state index contributed by atoms with van der Waals surface area (Å²) in [5.41, 5.74) is 0.334. The second-order valence-corrected chi connectivity index (χ2v) is 4.83. The van der Waals surface area contributed by atoms with Crippen LogP contribution in [0.5, 0.6) is 5.75 Å². The number of aryl methyl sites for hydroxylation is 1. The molecule has 0 N–H and O–H groups in total. The lowest BCUT2D eigenvalue weighted by Crippen LogP contribution is -2.04. The van der Waals surface area contributed by atoms with Gasteiger partial charge in [-0.15, -0.1) is 11.6 Å². The normalized spacial score (nSPS) is 12.3. The Kier molecular flexibility index (Phi) is 4.23. The van der Waals surface area contributed by atoms with Crippen LogP contribution < -0.4 is 4.74 Å². The van der Waals surface area contributed by atoms with E-state index in [1.54, 1.807) is 13.0 Å². The van der Waals surface area contributed by atoms with Crippen molar-refractivity contribution in [3.63, 3.8) is 0 Å². The summed E-state index contributed by atoms with van der Waals surface area (Å²) in [5.74, 6) is -2.31. The molecule has 0 aromatic heterocycles. The molecular formula is C15H12ClF3O. The van der Waals surface area contributed by atoms with Crippen LogP contribution in [-0.4, -0.2) is 7.11 Å². The molecule has 5 heteroatoms. The third kappa shape index (κ3) is 2.75. The molecule has 0 aliphatic heterocycles. The summed E-state index contributed by atoms with van der Waals surface area (Å²) in [6.07, 6.45) is 0. The minimum atomic E-state index is -1.25. The lowest BCUT2D eigenvalue weighted by Gasteiger charge is -2.14. The molecule has 0 saturated carbocycles. The molecule has 0 spiro atoms. The molecule has 0 fully saturated rings. The van der Waals surface area contributed by atoms with Gasteiger partial charge in [0.1, 0.15) is 23.2 Å². The van der Waals surface area contributed by atoms with Crippen LogP contribution >= 0.6 is 11.6 Å². The van der Waals surface area contributed by atoms with Crippen molar-refractivity contribution in [2.75, 3.05) is 7.11 Å². The fraction of sp³-hybridized carbons (Fsp3) is 0.200. The molecule has 106 valence electrons. The van der Waals surface area contributed by atoms with Gasteiger partial charge in [0.2, 0.25) is 0 Å². The Labute approximate surface area is 119 Å². The first kappa shape index (κ1) is 14.7. The van der Waals surface area contributed by atoms with Gasteiger partial charge in [0, 0.05) is 23.3 Å². The summed E-state index contributed by atoms with van der Waals surface area (Å²) >= 11 is 6.03. The fourth-order valence-corrected chi connectivity index (χ4v) is 2.30. The van der Waals surface area contributed by atoms with Gasteiger partial charge >= 0.3 is 0 Å². The first-order valence-corrected chi connectivity index (χ1v) is 6.30. The van der Waals surface area contributed by atoms with E-state index in [-0.39, 0.29) is 11.3 Å². The monoisotopic (exact) mass is 300 g/mol. The molecule has 1 unspecified atom stereocenters. The number of ether oxygens (including phenoxy) is 1. The predicted octanol–water partition coefficient (Wildman–Crippen LogP) is 4.75. The highest BCUT2D eigenvalue weighted by atomic mass is 35.5. The topological polar surface area (TPSA) is 9.23 Å². The van der Waals surface area contributed by atoms with Crippen molar-refractivity contribution in [3.8, 4) is 5.75 Å². The van der Waals surface area contributed by atoms with Crippen molar-refractivity contribution in [1.82, 2.24) is 0 Å². The van der Waals surface area contributed by atoms with E-state index < -0.39 is 28.4 Å². The van der Waals surface area contributed by atoms with Crippen molar-refractivity contribution in [3.05, 3.63) is 64.5 Å². The molecule has 2 aromatic carbocycles. The van der Waals surface area contributed by atoms with Gasteiger partial charge in [-0.1, -0.05) is 12.1 Å². The fourth-order valence-electron chi connectivity index (χ4n) is 1.91. The van der Waals surface area contributed by atoms with Gasteiger partial charge in [0.25, 0.3) is 0 Å². The van der Waals surface area contributed by atoms with Crippen LogP contribution in [0.2, 0.25) is 0 Å². The third-order valence-electron chi connectivity index (χ3n) is 2.97. The number of alkyl halides is 1. The van der Waals surface area contributed by atoms with Crippen molar-refractivity contribution >= 4 is 11.6 Å². The maximum Gasteiger partial charge on any atom is 0.134 e. The average Bonchev–Trinajstić information content (AvgIpc) is 2.37. The molecule has 2 aromatic rings. The van der Waals surface area contributed by atoms with Crippen molar-refractivity contribution < 1.29 is 17.9 Å².